The van der Waals surface area contributed by atoms with Crippen LogP contribution in [0.25, 0.3) is 0 Å². The summed E-state index contributed by atoms with van der Waals surface area (Å²) in [6.45, 7) is 1.74. The SMILES string of the molecule is CC=N/C=N\O. The van der Waals surface area contributed by atoms with Crippen molar-refractivity contribution in [3.8, 4) is 0 Å². The van der Waals surface area contributed by atoms with Crippen LogP contribution in [0.4, 0.5) is 0 Å². The molecule has 0 fully saturated rings. The van der Waals surface area contributed by atoms with Gasteiger partial charge in [-0.1, -0.05) is 5.16 Å². The van der Waals surface area contributed by atoms with E-state index in [-0.39, 0.29) is 0 Å². The summed E-state index contributed by atoms with van der Waals surface area (Å²) in [5.41, 5.74) is 0. The summed E-state index contributed by atoms with van der Waals surface area (Å²) in [6.07, 6.45) is 2.58. The van der Waals surface area contributed by atoms with Gasteiger partial charge in [0.05, 0.1) is 0 Å². The van der Waals surface area contributed by atoms with Crippen LogP contribution in [0.3, 0.4) is 0 Å². The fraction of sp³-hybridized carbons (Fsp3) is 0.333. The summed E-state index contributed by atoms with van der Waals surface area (Å²) in [7, 11) is 0. The van der Waals surface area contributed by atoms with Crippen molar-refractivity contribution in [1.82, 2.24) is 0 Å². The zero-order valence-electron chi connectivity index (χ0n) is 3.50. The maximum absolute atomic E-state index is 7.65. The lowest BCUT2D eigenvalue weighted by Crippen LogP contribution is -1.62. The Morgan fingerprint density at radius 2 is 2.33 bits per heavy atom. The molecule has 0 radical (unpaired) electrons. The minimum absolute atomic E-state index is 1.06. The molecular formula is C3H6N2O. The first-order chi connectivity index (χ1) is 2.91. The van der Waals surface area contributed by atoms with E-state index in [9.17, 15) is 0 Å². The summed E-state index contributed by atoms with van der Waals surface area (Å²) in [5.74, 6) is 0. The van der Waals surface area contributed by atoms with Gasteiger partial charge in [0, 0.05) is 6.21 Å². The molecule has 0 bridgehead atoms. The number of rotatable bonds is 1. The van der Waals surface area contributed by atoms with Gasteiger partial charge < -0.3 is 5.21 Å². The molecule has 0 aliphatic rings. The van der Waals surface area contributed by atoms with Gasteiger partial charge in [-0.2, -0.15) is 0 Å². The van der Waals surface area contributed by atoms with E-state index < -0.39 is 0 Å². The monoisotopic (exact) mass is 86.0 g/mol. The molecule has 0 aromatic carbocycles. The molecule has 0 atom stereocenters. The van der Waals surface area contributed by atoms with Gasteiger partial charge >= 0.3 is 0 Å². The summed E-state index contributed by atoms with van der Waals surface area (Å²) in [6, 6.07) is 0. The maximum atomic E-state index is 7.65. The summed E-state index contributed by atoms with van der Waals surface area (Å²) in [4.78, 5) is 3.42. The summed E-state index contributed by atoms with van der Waals surface area (Å²) in [5, 5.41) is 10.3. The van der Waals surface area contributed by atoms with E-state index in [4.69, 9.17) is 5.21 Å². The highest BCUT2D eigenvalue weighted by Gasteiger charge is 1.50. The van der Waals surface area contributed by atoms with Gasteiger partial charge in [0.25, 0.3) is 0 Å². The van der Waals surface area contributed by atoms with E-state index in [0.717, 1.165) is 6.34 Å². The van der Waals surface area contributed by atoms with E-state index in [0.29, 0.717) is 0 Å². The molecule has 0 saturated carbocycles. The van der Waals surface area contributed by atoms with Gasteiger partial charge in [-0.3, -0.25) is 0 Å². The third-order valence-corrected chi connectivity index (χ3v) is 0.267. The molecule has 6 heavy (non-hydrogen) atoms. The first-order valence-corrected chi connectivity index (χ1v) is 1.55. The standard InChI is InChI=1S/C3H6N2O/c1-2-4-3-5-6/h2-3,6H,1H3/b4-2?,5-3-. The van der Waals surface area contributed by atoms with E-state index in [1.807, 2.05) is 0 Å². The molecular weight excluding hydrogens is 80.0 g/mol. The molecule has 0 rings (SSSR count). The molecule has 0 spiro atoms. The van der Waals surface area contributed by atoms with E-state index in [2.05, 4.69) is 10.1 Å². The van der Waals surface area contributed by atoms with Crippen molar-refractivity contribution < 1.29 is 5.21 Å². The van der Waals surface area contributed by atoms with Gasteiger partial charge in [0.2, 0.25) is 0 Å². The molecule has 0 unspecified atom stereocenters. The van der Waals surface area contributed by atoms with Gasteiger partial charge in [0.15, 0.2) is 6.34 Å². The molecule has 0 amide bonds. The second kappa shape index (κ2) is 4.14. The van der Waals surface area contributed by atoms with Gasteiger partial charge in [-0.05, 0) is 6.92 Å². The normalized spacial score (nSPS) is 11.5. The van der Waals surface area contributed by atoms with Gasteiger partial charge in [-0.15, -0.1) is 0 Å². The Bertz CT molecular complexity index is 57.2. The largest absolute Gasteiger partial charge is 0.410 e. The molecule has 0 aromatic rings. The van der Waals surface area contributed by atoms with Crippen molar-refractivity contribution in [2.75, 3.05) is 0 Å². The molecule has 0 heterocycles. The quantitative estimate of drug-likeness (QED) is 0.215. The smallest absolute Gasteiger partial charge is 0.154 e. The Hall–Kier alpha value is -0.860. The average molecular weight is 86.1 g/mol. The van der Waals surface area contributed by atoms with E-state index in [1.165, 1.54) is 6.21 Å². The molecule has 34 valence electrons. The highest BCUT2D eigenvalue weighted by atomic mass is 16.4. The van der Waals surface area contributed by atoms with Crippen LogP contribution >= 0.6 is 0 Å². The Kier molecular flexibility index (Phi) is 3.55. The molecule has 0 aromatic heterocycles. The Balaban J connectivity index is 3.07. The second-order valence-electron chi connectivity index (χ2n) is 0.638. The van der Waals surface area contributed by atoms with Crippen molar-refractivity contribution >= 4 is 12.6 Å². The molecule has 0 saturated heterocycles. The van der Waals surface area contributed by atoms with Crippen molar-refractivity contribution in [3.63, 3.8) is 0 Å². The maximum Gasteiger partial charge on any atom is 0.154 e. The van der Waals surface area contributed by atoms with Crippen LogP contribution in [-0.2, 0) is 0 Å². The third-order valence-electron chi connectivity index (χ3n) is 0.267. The van der Waals surface area contributed by atoms with Crippen LogP contribution < -0.4 is 0 Å². The minimum Gasteiger partial charge on any atom is -0.410 e. The average Bonchev–Trinajstić information content (AvgIpc) is 1.61. The highest BCUT2D eigenvalue weighted by molar-refractivity contribution is 5.69. The van der Waals surface area contributed by atoms with Crippen LogP contribution in [0.2, 0.25) is 0 Å². The summed E-state index contributed by atoms with van der Waals surface area (Å²) < 4.78 is 0. The van der Waals surface area contributed by atoms with Crippen molar-refractivity contribution in [3.05, 3.63) is 0 Å². The predicted octanol–water partition coefficient (Wildman–Crippen LogP) is 0.495. The number of hydrogen-bond donors (Lipinski definition) is 1. The van der Waals surface area contributed by atoms with Crippen LogP contribution in [0, 0.1) is 0 Å². The summed E-state index contributed by atoms with van der Waals surface area (Å²) >= 11 is 0. The molecule has 0 aliphatic carbocycles. The van der Waals surface area contributed by atoms with Crippen molar-refractivity contribution in [2.24, 2.45) is 10.1 Å². The van der Waals surface area contributed by atoms with E-state index >= 15 is 0 Å². The first kappa shape index (κ1) is 5.14. The van der Waals surface area contributed by atoms with Crippen LogP contribution in [0.1, 0.15) is 6.92 Å². The predicted molar refractivity (Wildman–Crippen MR) is 24.4 cm³/mol. The van der Waals surface area contributed by atoms with Crippen LogP contribution in [0.15, 0.2) is 10.1 Å². The molecule has 1 N–H and O–H groups in total. The lowest BCUT2D eigenvalue weighted by molar-refractivity contribution is 0.321. The lowest BCUT2D eigenvalue weighted by Gasteiger charge is -1.63. The topological polar surface area (TPSA) is 45.0 Å². The van der Waals surface area contributed by atoms with Crippen molar-refractivity contribution in [2.45, 2.75) is 6.92 Å². The van der Waals surface area contributed by atoms with Gasteiger partial charge in [-0.25, -0.2) is 4.99 Å². The third kappa shape index (κ3) is 3.14. The van der Waals surface area contributed by atoms with E-state index in [1.54, 1.807) is 6.92 Å². The molecule has 3 nitrogen and oxygen atoms in total. The Morgan fingerprint density at radius 1 is 1.67 bits per heavy atom. The Morgan fingerprint density at radius 3 is 2.50 bits per heavy atom. The molecule has 3 heteroatoms. The van der Waals surface area contributed by atoms with Crippen LogP contribution in [0.5, 0.6) is 0 Å². The van der Waals surface area contributed by atoms with Gasteiger partial charge in [0.1, 0.15) is 0 Å². The Labute approximate surface area is 36.0 Å². The number of aliphatic imine (C=N–C) groups is 1. The van der Waals surface area contributed by atoms with Crippen molar-refractivity contribution in [1.29, 1.82) is 0 Å². The number of hydrogen-bond acceptors (Lipinski definition) is 2. The fourth-order valence-corrected chi connectivity index (χ4v) is 0.0965. The highest BCUT2D eigenvalue weighted by Crippen LogP contribution is 1.52. The number of oxime groups is 1. The molecule has 0 aliphatic heterocycles. The second-order valence-corrected chi connectivity index (χ2v) is 0.638. The van der Waals surface area contributed by atoms with Crippen LogP contribution in [-0.4, -0.2) is 17.8 Å². The zero-order chi connectivity index (χ0) is 4.83. The minimum atomic E-state index is 1.06. The fourth-order valence-electron chi connectivity index (χ4n) is 0.0965. The zero-order valence-corrected chi connectivity index (χ0v) is 3.50. The first-order valence-electron chi connectivity index (χ1n) is 1.55. The lowest BCUT2D eigenvalue weighted by atomic mass is 10.9. The number of nitrogens with zero attached hydrogens (tertiary/aromatic N) is 2.